The van der Waals surface area contributed by atoms with Crippen molar-refractivity contribution in [3.8, 4) is 0 Å². The summed E-state index contributed by atoms with van der Waals surface area (Å²) in [7, 11) is 0. The Morgan fingerprint density at radius 2 is 1.88 bits per heavy atom. The molecule has 1 fully saturated rings. The SMILES string of the molecule is C[C@@H]1CCN(C(=O)OCc2ccccc2)[C@H](c2ccc(F)cc2)C1. The minimum absolute atomic E-state index is 0.0578. The van der Waals surface area contributed by atoms with E-state index >= 15 is 0 Å². The van der Waals surface area contributed by atoms with E-state index < -0.39 is 0 Å². The summed E-state index contributed by atoms with van der Waals surface area (Å²) in [5.74, 6) is 0.263. The summed E-state index contributed by atoms with van der Waals surface area (Å²) in [4.78, 5) is 14.3. The van der Waals surface area contributed by atoms with Crippen LogP contribution in [0.25, 0.3) is 0 Å². The molecule has 3 rings (SSSR count). The lowest BCUT2D eigenvalue weighted by atomic mass is 9.88. The van der Waals surface area contributed by atoms with Gasteiger partial charge >= 0.3 is 6.09 Å². The van der Waals surface area contributed by atoms with Gasteiger partial charge in [-0.15, -0.1) is 0 Å². The number of carbonyl (C=O) groups is 1. The normalized spacial score (nSPS) is 20.7. The van der Waals surface area contributed by atoms with Gasteiger partial charge in [0.15, 0.2) is 0 Å². The Morgan fingerprint density at radius 1 is 1.17 bits per heavy atom. The summed E-state index contributed by atoms with van der Waals surface area (Å²) < 4.78 is 18.7. The molecule has 1 aliphatic rings. The molecule has 0 saturated carbocycles. The van der Waals surface area contributed by atoms with Crippen LogP contribution in [0.4, 0.5) is 9.18 Å². The fourth-order valence-electron chi connectivity index (χ4n) is 3.16. The maximum Gasteiger partial charge on any atom is 0.410 e. The second kappa shape index (κ2) is 7.47. The molecule has 1 amide bonds. The topological polar surface area (TPSA) is 29.5 Å². The molecule has 0 bridgehead atoms. The Hall–Kier alpha value is -2.36. The molecule has 0 N–H and O–H groups in total. The van der Waals surface area contributed by atoms with E-state index in [1.54, 1.807) is 17.0 Å². The van der Waals surface area contributed by atoms with Crippen LogP contribution in [0.1, 0.15) is 36.9 Å². The first-order chi connectivity index (χ1) is 11.6. The fraction of sp³-hybridized carbons (Fsp3) is 0.350. The highest BCUT2D eigenvalue weighted by molar-refractivity contribution is 5.68. The number of piperidine rings is 1. The molecule has 4 heteroatoms. The predicted molar refractivity (Wildman–Crippen MR) is 90.9 cm³/mol. The molecule has 0 aliphatic carbocycles. The molecule has 2 atom stereocenters. The Morgan fingerprint density at radius 3 is 2.58 bits per heavy atom. The summed E-state index contributed by atoms with van der Waals surface area (Å²) in [6, 6.07) is 16.0. The van der Waals surface area contributed by atoms with Crippen molar-refractivity contribution in [2.24, 2.45) is 5.92 Å². The van der Waals surface area contributed by atoms with Crippen molar-refractivity contribution in [2.75, 3.05) is 6.54 Å². The molecule has 24 heavy (non-hydrogen) atoms. The minimum atomic E-state index is -0.305. The molecular weight excluding hydrogens is 305 g/mol. The van der Waals surface area contributed by atoms with Gasteiger partial charge < -0.3 is 9.64 Å². The average Bonchev–Trinajstić information content (AvgIpc) is 2.61. The largest absolute Gasteiger partial charge is 0.445 e. The average molecular weight is 327 g/mol. The maximum atomic E-state index is 13.2. The van der Waals surface area contributed by atoms with Gasteiger partial charge in [-0.1, -0.05) is 49.4 Å². The lowest BCUT2D eigenvalue weighted by molar-refractivity contribution is 0.0587. The van der Waals surface area contributed by atoms with E-state index in [4.69, 9.17) is 4.74 Å². The highest BCUT2D eigenvalue weighted by Gasteiger charge is 2.32. The third-order valence-corrected chi connectivity index (χ3v) is 4.56. The van der Waals surface area contributed by atoms with Crippen LogP contribution < -0.4 is 0 Å². The fourth-order valence-corrected chi connectivity index (χ4v) is 3.16. The van der Waals surface area contributed by atoms with Crippen LogP contribution in [0, 0.1) is 11.7 Å². The minimum Gasteiger partial charge on any atom is -0.445 e. The van der Waals surface area contributed by atoms with Crippen molar-refractivity contribution in [1.82, 2.24) is 4.90 Å². The number of nitrogens with zero attached hydrogens (tertiary/aromatic N) is 1. The second-order valence-corrected chi connectivity index (χ2v) is 6.43. The zero-order valence-electron chi connectivity index (χ0n) is 13.8. The molecule has 0 radical (unpaired) electrons. The first kappa shape index (κ1) is 16.5. The number of ether oxygens (including phenoxy) is 1. The van der Waals surface area contributed by atoms with E-state index in [1.165, 1.54) is 12.1 Å². The van der Waals surface area contributed by atoms with Crippen LogP contribution in [0.2, 0.25) is 0 Å². The molecule has 2 aromatic carbocycles. The molecular formula is C20H22FNO2. The molecule has 1 heterocycles. The predicted octanol–water partition coefficient (Wildman–Crippen LogP) is 4.94. The van der Waals surface area contributed by atoms with Gasteiger partial charge in [0.25, 0.3) is 0 Å². The Labute approximate surface area is 142 Å². The van der Waals surface area contributed by atoms with Crippen molar-refractivity contribution >= 4 is 6.09 Å². The molecule has 1 saturated heterocycles. The van der Waals surface area contributed by atoms with Crippen molar-refractivity contribution in [2.45, 2.75) is 32.4 Å². The van der Waals surface area contributed by atoms with Crippen LogP contribution in [0.5, 0.6) is 0 Å². The van der Waals surface area contributed by atoms with Crippen molar-refractivity contribution in [1.29, 1.82) is 0 Å². The van der Waals surface area contributed by atoms with Gasteiger partial charge in [0, 0.05) is 6.54 Å². The highest BCUT2D eigenvalue weighted by atomic mass is 19.1. The Balaban J connectivity index is 1.71. The summed E-state index contributed by atoms with van der Waals surface area (Å²) in [5, 5.41) is 0. The van der Waals surface area contributed by atoms with Crippen LogP contribution in [-0.4, -0.2) is 17.5 Å². The van der Waals surface area contributed by atoms with E-state index in [0.29, 0.717) is 12.5 Å². The smallest absolute Gasteiger partial charge is 0.410 e. The van der Waals surface area contributed by atoms with E-state index in [9.17, 15) is 9.18 Å². The Bertz CT molecular complexity index is 672. The number of benzene rings is 2. The third kappa shape index (κ3) is 3.94. The molecule has 0 spiro atoms. The van der Waals surface area contributed by atoms with Gasteiger partial charge in [0.05, 0.1) is 6.04 Å². The van der Waals surface area contributed by atoms with E-state index in [0.717, 1.165) is 24.0 Å². The zero-order chi connectivity index (χ0) is 16.9. The quantitative estimate of drug-likeness (QED) is 0.799. The second-order valence-electron chi connectivity index (χ2n) is 6.43. The van der Waals surface area contributed by atoms with Crippen molar-refractivity contribution in [3.05, 3.63) is 71.5 Å². The van der Waals surface area contributed by atoms with Gasteiger partial charge in [0.2, 0.25) is 0 Å². The number of halogens is 1. The summed E-state index contributed by atoms with van der Waals surface area (Å²) in [6.07, 6.45) is 1.52. The lowest BCUT2D eigenvalue weighted by Gasteiger charge is -2.38. The third-order valence-electron chi connectivity index (χ3n) is 4.56. The molecule has 126 valence electrons. The van der Waals surface area contributed by atoms with Crippen LogP contribution in [-0.2, 0) is 11.3 Å². The van der Waals surface area contributed by atoms with Gasteiger partial charge in [-0.3, -0.25) is 0 Å². The van der Waals surface area contributed by atoms with Crippen LogP contribution >= 0.6 is 0 Å². The van der Waals surface area contributed by atoms with Crippen molar-refractivity contribution < 1.29 is 13.9 Å². The van der Waals surface area contributed by atoms with Gasteiger partial charge in [-0.05, 0) is 42.0 Å². The number of rotatable bonds is 3. The Kier molecular flexibility index (Phi) is 5.14. The lowest BCUT2D eigenvalue weighted by Crippen LogP contribution is -2.40. The molecule has 0 unspecified atom stereocenters. The van der Waals surface area contributed by atoms with Crippen LogP contribution in [0.15, 0.2) is 54.6 Å². The number of carbonyl (C=O) groups excluding carboxylic acids is 1. The molecule has 1 aliphatic heterocycles. The first-order valence-electron chi connectivity index (χ1n) is 8.36. The van der Waals surface area contributed by atoms with Crippen LogP contribution in [0.3, 0.4) is 0 Å². The number of hydrogen-bond acceptors (Lipinski definition) is 2. The van der Waals surface area contributed by atoms with Gasteiger partial charge in [0.1, 0.15) is 12.4 Å². The molecule has 0 aromatic heterocycles. The van der Waals surface area contributed by atoms with E-state index in [2.05, 4.69) is 6.92 Å². The van der Waals surface area contributed by atoms with E-state index in [-0.39, 0.29) is 24.6 Å². The number of amides is 1. The van der Waals surface area contributed by atoms with Gasteiger partial charge in [-0.2, -0.15) is 0 Å². The zero-order valence-corrected chi connectivity index (χ0v) is 13.8. The summed E-state index contributed by atoms with van der Waals surface area (Å²) >= 11 is 0. The maximum absolute atomic E-state index is 13.2. The number of hydrogen-bond donors (Lipinski definition) is 0. The standard InChI is InChI=1S/C20H22FNO2/c1-15-11-12-22(19(13-15)17-7-9-18(21)10-8-17)20(23)24-14-16-5-3-2-4-6-16/h2-10,15,19H,11-14H2,1H3/t15-,19+/m1/s1. The van der Waals surface area contributed by atoms with Gasteiger partial charge in [-0.25, -0.2) is 9.18 Å². The monoisotopic (exact) mass is 327 g/mol. The summed E-state index contributed by atoms with van der Waals surface area (Å²) in [5.41, 5.74) is 1.93. The molecule has 3 nitrogen and oxygen atoms in total. The van der Waals surface area contributed by atoms with E-state index in [1.807, 2.05) is 30.3 Å². The first-order valence-corrected chi connectivity index (χ1v) is 8.36. The van der Waals surface area contributed by atoms with Crippen molar-refractivity contribution in [3.63, 3.8) is 0 Å². The molecule has 2 aromatic rings. The summed E-state index contributed by atoms with van der Waals surface area (Å²) in [6.45, 7) is 3.11. The highest BCUT2D eigenvalue weighted by Crippen LogP contribution is 2.34. The number of likely N-dealkylation sites (tertiary alicyclic amines) is 1.